The van der Waals surface area contributed by atoms with Crippen LogP contribution in [0, 0.1) is 0 Å². The summed E-state index contributed by atoms with van der Waals surface area (Å²) in [5, 5.41) is 2.69. The van der Waals surface area contributed by atoms with Crippen molar-refractivity contribution in [2.24, 2.45) is 10.8 Å². The highest BCUT2D eigenvalue weighted by atomic mass is 19.1. The third-order valence-electron chi connectivity index (χ3n) is 1.02. The molecule has 0 fully saturated rings. The fraction of sp³-hybridized carbons (Fsp3) is 0.833. The summed E-state index contributed by atoms with van der Waals surface area (Å²) in [6, 6.07) is 0. The number of nitrogens with two attached hydrogens (primary N) is 1. The number of alkyl halides is 1. The molecule has 0 spiro atoms. The topological polar surface area (TPSA) is 62.4 Å². The van der Waals surface area contributed by atoms with Crippen LogP contribution in [0.15, 0.2) is 4.99 Å². The predicted molar refractivity (Wildman–Crippen MR) is 43.9 cm³/mol. The van der Waals surface area contributed by atoms with Crippen molar-refractivity contribution in [2.45, 2.75) is 13.3 Å². The summed E-state index contributed by atoms with van der Waals surface area (Å²) < 4.78 is 11.6. The van der Waals surface area contributed by atoms with Crippen molar-refractivity contribution < 1.29 is 4.39 Å². The maximum Gasteiger partial charge on any atom is 0.205 e. The number of rotatable bonds is 4. The maximum atomic E-state index is 11.6. The van der Waals surface area contributed by atoms with Crippen molar-refractivity contribution in [3.8, 4) is 0 Å². The van der Waals surface area contributed by atoms with Crippen molar-refractivity contribution in [3.05, 3.63) is 0 Å². The van der Waals surface area contributed by atoms with Crippen LogP contribution < -0.4 is 16.6 Å². The molecule has 0 radical (unpaired) electrons. The highest BCUT2D eigenvalue weighted by molar-refractivity contribution is 5.79. The molecule has 4 nitrogen and oxygen atoms in total. The number of nitrogens with zero attached hydrogens (tertiary/aromatic N) is 1. The Kier molecular flexibility index (Phi) is 6.71. The van der Waals surface area contributed by atoms with Gasteiger partial charge in [0.15, 0.2) is 0 Å². The molecule has 0 aliphatic carbocycles. The minimum atomic E-state index is -0.424. The van der Waals surface area contributed by atoms with Crippen molar-refractivity contribution in [3.63, 3.8) is 0 Å². The van der Waals surface area contributed by atoms with Gasteiger partial charge in [-0.05, 0) is 6.42 Å². The van der Waals surface area contributed by atoms with Crippen LogP contribution in [-0.2, 0) is 0 Å². The molecule has 11 heavy (non-hydrogen) atoms. The number of nitrogens with one attached hydrogen (secondary N) is 2. The van der Waals surface area contributed by atoms with Crippen molar-refractivity contribution >= 4 is 5.96 Å². The van der Waals surface area contributed by atoms with Crippen LogP contribution in [0.25, 0.3) is 0 Å². The third-order valence-corrected chi connectivity index (χ3v) is 1.02. The molecule has 0 atom stereocenters. The number of guanidine groups is 1. The maximum absolute atomic E-state index is 11.6. The molecule has 5 heteroatoms. The average molecular weight is 162 g/mol. The van der Waals surface area contributed by atoms with Crippen LogP contribution in [0.3, 0.4) is 0 Å². The predicted octanol–water partition coefficient (Wildman–Crippen LogP) is -0.225. The van der Waals surface area contributed by atoms with Gasteiger partial charge in [0.25, 0.3) is 0 Å². The van der Waals surface area contributed by atoms with Gasteiger partial charge in [-0.3, -0.25) is 10.4 Å². The average Bonchev–Trinajstić information content (AvgIpc) is 2.05. The molecule has 0 aliphatic rings. The van der Waals surface area contributed by atoms with Crippen LogP contribution >= 0.6 is 0 Å². The summed E-state index contributed by atoms with van der Waals surface area (Å²) in [6.45, 7) is 2.52. The van der Waals surface area contributed by atoms with Gasteiger partial charge >= 0.3 is 0 Å². The van der Waals surface area contributed by atoms with Crippen LogP contribution in [0.5, 0.6) is 0 Å². The number of hydrogen-bond donors (Lipinski definition) is 3. The highest BCUT2D eigenvalue weighted by Gasteiger charge is 1.91. The lowest BCUT2D eigenvalue weighted by Crippen LogP contribution is -2.42. The standard InChI is InChI=1S/C6H15FN4/c1-2-4-9-6(11-8)10-5-3-7/h2-5,8H2,1H3,(H2,9,10,11). The Morgan fingerprint density at radius 1 is 1.64 bits per heavy atom. The Hall–Kier alpha value is -0.840. The molecule has 4 N–H and O–H groups in total. The largest absolute Gasteiger partial charge is 0.353 e. The van der Waals surface area contributed by atoms with Crippen LogP contribution in [0.4, 0.5) is 4.39 Å². The number of aliphatic imine (C=N–C) groups is 1. The zero-order valence-electron chi connectivity index (χ0n) is 6.73. The van der Waals surface area contributed by atoms with Crippen molar-refractivity contribution in [1.29, 1.82) is 0 Å². The number of halogens is 1. The molecule has 0 aromatic rings. The Labute approximate surface area is 66.0 Å². The molecule has 0 saturated heterocycles. The minimum absolute atomic E-state index is 0.243. The van der Waals surface area contributed by atoms with Gasteiger partial charge in [0, 0.05) is 13.1 Å². The lowest BCUT2D eigenvalue weighted by Gasteiger charge is -2.05. The molecule has 0 aromatic heterocycles. The molecule has 0 aromatic carbocycles. The van der Waals surface area contributed by atoms with E-state index in [0.717, 1.165) is 6.42 Å². The van der Waals surface area contributed by atoms with E-state index in [9.17, 15) is 4.39 Å². The molecule has 0 aliphatic heterocycles. The lowest BCUT2D eigenvalue weighted by atomic mass is 10.5. The van der Waals surface area contributed by atoms with Gasteiger partial charge < -0.3 is 5.32 Å². The number of hydrazine groups is 1. The van der Waals surface area contributed by atoms with Gasteiger partial charge in [-0.2, -0.15) is 0 Å². The molecule has 66 valence electrons. The smallest absolute Gasteiger partial charge is 0.205 e. The van der Waals surface area contributed by atoms with E-state index in [1.807, 2.05) is 6.92 Å². The molecular weight excluding hydrogens is 147 g/mol. The van der Waals surface area contributed by atoms with Crippen LogP contribution in [0.1, 0.15) is 13.3 Å². The first-order chi connectivity index (χ1) is 5.35. The van der Waals surface area contributed by atoms with Gasteiger partial charge in [0.1, 0.15) is 6.67 Å². The summed E-state index contributed by atoms with van der Waals surface area (Å²) >= 11 is 0. The van der Waals surface area contributed by atoms with Crippen molar-refractivity contribution in [1.82, 2.24) is 10.7 Å². The molecule has 0 heterocycles. The van der Waals surface area contributed by atoms with Gasteiger partial charge in [-0.1, -0.05) is 6.92 Å². The van der Waals surface area contributed by atoms with E-state index in [1.165, 1.54) is 0 Å². The minimum Gasteiger partial charge on any atom is -0.353 e. The first-order valence-corrected chi connectivity index (χ1v) is 3.66. The zero-order valence-corrected chi connectivity index (χ0v) is 6.73. The molecule has 0 bridgehead atoms. The third kappa shape index (κ3) is 5.60. The Balaban J connectivity index is 3.55. The monoisotopic (exact) mass is 162 g/mol. The van der Waals surface area contributed by atoms with E-state index in [2.05, 4.69) is 15.7 Å². The van der Waals surface area contributed by atoms with Gasteiger partial charge in [-0.25, -0.2) is 10.2 Å². The van der Waals surface area contributed by atoms with E-state index in [1.54, 1.807) is 0 Å². The SMILES string of the molecule is CCCN=C(NN)NCCF. The second-order valence-electron chi connectivity index (χ2n) is 1.99. The Bertz CT molecular complexity index is 115. The summed E-state index contributed by atoms with van der Waals surface area (Å²) in [6.07, 6.45) is 0.947. The fourth-order valence-electron chi connectivity index (χ4n) is 0.542. The quantitative estimate of drug-likeness (QED) is 0.232. The molecule has 0 rings (SSSR count). The van der Waals surface area contributed by atoms with Gasteiger partial charge in [0.2, 0.25) is 5.96 Å². The first-order valence-electron chi connectivity index (χ1n) is 3.66. The van der Waals surface area contributed by atoms with Crippen LogP contribution in [-0.4, -0.2) is 25.7 Å². The molecule has 0 saturated carbocycles. The van der Waals surface area contributed by atoms with E-state index in [4.69, 9.17) is 5.84 Å². The Morgan fingerprint density at radius 3 is 2.82 bits per heavy atom. The van der Waals surface area contributed by atoms with E-state index < -0.39 is 6.67 Å². The van der Waals surface area contributed by atoms with Crippen LogP contribution in [0.2, 0.25) is 0 Å². The summed E-state index contributed by atoms with van der Waals surface area (Å²) in [7, 11) is 0. The molecule has 0 unspecified atom stereocenters. The Morgan fingerprint density at radius 2 is 2.36 bits per heavy atom. The normalized spacial score (nSPS) is 11.4. The van der Waals surface area contributed by atoms with Crippen molar-refractivity contribution in [2.75, 3.05) is 19.8 Å². The zero-order chi connectivity index (χ0) is 8.53. The number of hydrogen-bond acceptors (Lipinski definition) is 2. The first kappa shape index (κ1) is 10.2. The summed E-state index contributed by atoms with van der Waals surface area (Å²) in [4.78, 5) is 4.00. The van der Waals surface area contributed by atoms with Gasteiger partial charge in [-0.15, -0.1) is 0 Å². The second kappa shape index (κ2) is 7.27. The molecule has 0 amide bonds. The molecular formula is C6H15FN4. The highest BCUT2D eigenvalue weighted by Crippen LogP contribution is 1.77. The van der Waals surface area contributed by atoms with E-state index in [0.29, 0.717) is 12.5 Å². The fourth-order valence-corrected chi connectivity index (χ4v) is 0.542. The second-order valence-corrected chi connectivity index (χ2v) is 1.99. The van der Waals surface area contributed by atoms with E-state index in [-0.39, 0.29) is 6.54 Å². The summed E-state index contributed by atoms with van der Waals surface area (Å²) in [5.74, 6) is 5.54. The lowest BCUT2D eigenvalue weighted by molar-refractivity contribution is 0.489. The summed E-state index contributed by atoms with van der Waals surface area (Å²) in [5.41, 5.74) is 2.34. The van der Waals surface area contributed by atoms with Gasteiger partial charge in [0.05, 0.1) is 0 Å². The van der Waals surface area contributed by atoms with E-state index >= 15 is 0 Å².